The van der Waals surface area contributed by atoms with E-state index >= 15 is 0 Å². The second-order valence-electron chi connectivity index (χ2n) is 12.5. The minimum absolute atomic E-state index is 0.388. The maximum Gasteiger partial charge on any atom is 0.0431 e. The van der Waals surface area contributed by atoms with Crippen LogP contribution in [0.1, 0.15) is 143 Å². The summed E-state index contributed by atoms with van der Waals surface area (Å²) in [7, 11) is 0. The molecule has 188 valence electrons. The summed E-state index contributed by atoms with van der Waals surface area (Å²) in [5.74, 6) is 8.06. The van der Waals surface area contributed by atoms with Crippen molar-refractivity contribution in [2.45, 2.75) is 143 Å². The van der Waals surface area contributed by atoms with Gasteiger partial charge in [0, 0.05) is 6.61 Å². The van der Waals surface area contributed by atoms with Crippen LogP contribution in [-0.2, 0) is 0 Å². The molecule has 3 saturated carbocycles. The van der Waals surface area contributed by atoms with E-state index < -0.39 is 0 Å². The zero-order chi connectivity index (χ0) is 22.8. The Hall–Kier alpha value is -0.0400. The molecule has 1 nitrogen and oxygen atoms in total. The monoisotopic (exact) mass is 446 g/mol. The third-order valence-corrected chi connectivity index (χ3v) is 10.6. The minimum Gasteiger partial charge on any atom is -0.396 e. The molecule has 32 heavy (non-hydrogen) atoms. The fourth-order valence-corrected chi connectivity index (χ4v) is 8.51. The Labute approximate surface area is 201 Å². The van der Waals surface area contributed by atoms with E-state index in [2.05, 4.69) is 20.8 Å². The first-order chi connectivity index (χ1) is 15.7. The van der Waals surface area contributed by atoms with Gasteiger partial charge >= 0.3 is 0 Å². The molecular formula is C31H58O. The van der Waals surface area contributed by atoms with E-state index in [-0.39, 0.29) is 0 Å². The highest BCUT2D eigenvalue weighted by Gasteiger charge is 2.40. The summed E-state index contributed by atoms with van der Waals surface area (Å²) in [5, 5.41) is 9.24. The molecule has 3 aliphatic rings. The molecule has 6 atom stereocenters. The van der Waals surface area contributed by atoms with E-state index in [0.717, 1.165) is 53.8 Å². The Kier molecular flexibility index (Phi) is 11.9. The molecule has 0 aliphatic heterocycles. The van der Waals surface area contributed by atoms with E-state index in [9.17, 15) is 5.11 Å². The molecule has 0 aromatic rings. The van der Waals surface area contributed by atoms with Gasteiger partial charge in [-0.1, -0.05) is 104 Å². The van der Waals surface area contributed by atoms with Gasteiger partial charge in [-0.3, -0.25) is 0 Å². The summed E-state index contributed by atoms with van der Waals surface area (Å²) < 4.78 is 0. The van der Waals surface area contributed by atoms with Crippen molar-refractivity contribution < 1.29 is 5.11 Å². The Morgan fingerprint density at radius 1 is 0.531 bits per heavy atom. The van der Waals surface area contributed by atoms with Crippen molar-refractivity contribution in [3.05, 3.63) is 0 Å². The van der Waals surface area contributed by atoms with Crippen LogP contribution in [0.4, 0.5) is 0 Å². The smallest absolute Gasteiger partial charge is 0.0431 e. The van der Waals surface area contributed by atoms with Gasteiger partial charge in [-0.05, 0) is 85.9 Å². The van der Waals surface area contributed by atoms with Crippen LogP contribution in [0.2, 0.25) is 0 Å². The van der Waals surface area contributed by atoms with Gasteiger partial charge in [0.05, 0.1) is 0 Å². The third-order valence-electron chi connectivity index (χ3n) is 10.6. The van der Waals surface area contributed by atoms with Crippen LogP contribution in [0.3, 0.4) is 0 Å². The lowest BCUT2D eigenvalue weighted by Gasteiger charge is -2.46. The summed E-state index contributed by atoms with van der Waals surface area (Å²) in [5.41, 5.74) is 0. The molecule has 0 bridgehead atoms. The van der Waals surface area contributed by atoms with E-state index in [1.807, 2.05) is 0 Å². The first-order valence-electron chi connectivity index (χ1n) is 15.3. The van der Waals surface area contributed by atoms with Crippen molar-refractivity contribution in [3.63, 3.8) is 0 Å². The summed E-state index contributed by atoms with van der Waals surface area (Å²) in [4.78, 5) is 0. The Morgan fingerprint density at radius 3 is 1.47 bits per heavy atom. The summed E-state index contributed by atoms with van der Waals surface area (Å²) in [6.07, 6.45) is 27.7. The van der Waals surface area contributed by atoms with Gasteiger partial charge in [-0.25, -0.2) is 0 Å². The fraction of sp³-hybridized carbons (Fsp3) is 1.00. The number of unbranched alkanes of at least 4 members (excludes halogenated alkanes) is 1. The molecule has 0 spiro atoms. The van der Waals surface area contributed by atoms with Crippen molar-refractivity contribution in [2.24, 2.45) is 47.3 Å². The number of rotatable bonds is 12. The van der Waals surface area contributed by atoms with Crippen LogP contribution in [0.15, 0.2) is 0 Å². The normalized spacial score (nSPS) is 38.6. The first kappa shape index (κ1) is 26.6. The van der Waals surface area contributed by atoms with Gasteiger partial charge in [0.1, 0.15) is 0 Å². The standard InChI is InChI=1S/C31H58O/c1-4-7-9-24-11-13-25(14-12-24)15-16-27-18-20-31(29(6-3)23-27)30-19-17-26(10-8-21-32)22-28(30)5-2/h24-32H,4-23H2,1-3H3. The molecule has 3 aliphatic carbocycles. The number of aliphatic hydroxyl groups excluding tert-OH is 1. The lowest BCUT2D eigenvalue weighted by atomic mass is 9.59. The predicted molar refractivity (Wildman–Crippen MR) is 140 cm³/mol. The van der Waals surface area contributed by atoms with Crippen LogP contribution in [0.5, 0.6) is 0 Å². The maximum atomic E-state index is 9.24. The zero-order valence-corrected chi connectivity index (χ0v) is 22.2. The molecule has 0 heterocycles. The summed E-state index contributed by atoms with van der Waals surface area (Å²) >= 11 is 0. The predicted octanol–water partition coefficient (Wildman–Crippen LogP) is 9.42. The molecule has 1 N–H and O–H groups in total. The Bertz CT molecular complexity index is 479. The highest BCUT2D eigenvalue weighted by Crippen LogP contribution is 2.50. The third kappa shape index (κ3) is 7.74. The fourth-order valence-electron chi connectivity index (χ4n) is 8.51. The Morgan fingerprint density at radius 2 is 0.969 bits per heavy atom. The summed E-state index contributed by atoms with van der Waals surface area (Å²) in [6.45, 7) is 7.68. The highest BCUT2D eigenvalue weighted by molar-refractivity contribution is 4.90. The average Bonchev–Trinajstić information content (AvgIpc) is 2.85. The molecule has 3 fully saturated rings. The van der Waals surface area contributed by atoms with E-state index in [0.29, 0.717) is 6.61 Å². The lowest BCUT2D eigenvalue weighted by Crippen LogP contribution is -2.37. The van der Waals surface area contributed by atoms with Crippen molar-refractivity contribution in [1.82, 2.24) is 0 Å². The Balaban J connectivity index is 1.42. The van der Waals surface area contributed by atoms with E-state index in [4.69, 9.17) is 0 Å². The van der Waals surface area contributed by atoms with Gasteiger partial charge in [-0.2, -0.15) is 0 Å². The molecule has 0 saturated heterocycles. The number of hydrogen-bond donors (Lipinski definition) is 1. The minimum atomic E-state index is 0.388. The van der Waals surface area contributed by atoms with Gasteiger partial charge in [0.25, 0.3) is 0 Å². The second kappa shape index (κ2) is 14.4. The SMILES string of the molecule is CCCCC1CCC(CCC2CCC(C3CCC(CCCO)CC3CC)C(CC)C2)CC1. The van der Waals surface area contributed by atoms with Gasteiger partial charge < -0.3 is 5.11 Å². The molecular weight excluding hydrogens is 388 g/mol. The first-order valence-corrected chi connectivity index (χ1v) is 15.3. The van der Waals surface area contributed by atoms with Gasteiger partial charge in [0.15, 0.2) is 0 Å². The average molecular weight is 447 g/mol. The molecule has 1 heteroatoms. The van der Waals surface area contributed by atoms with Crippen molar-refractivity contribution >= 4 is 0 Å². The second-order valence-corrected chi connectivity index (χ2v) is 12.5. The highest BCUT2D eigenvalue weighted by atomic mass is 16.2. The van der Waals surface area contributed by atoms with Crippen LogP contribution < -0.4 is 0 Å². The van der Waals surface area contributed by atoms with Crippen molar-refractivity contribution in [1.29, 1.82) is 0 Å². The maximum absolute atomic E-state index is 9.24. The topological polar surface area (TPSA) is 20.2 Å². The number of aliphatic hydroxyl groups is 1. The number of hydrogen-bond acceptors (Lipinski definition) is 1. The largest absolute Gasteiger partial charge is 0.396 e. The van der Waals surface area contributed by atoms with E-state index in [1.54, 1.807) is 32.1 Å². The van der Waals surface area contributed by atoms with Crippen LogP contribution >= 0.6 is 0 Å². The lowest BCUT2D eigenvalue weighted by molar-refractivity contribution is 0.0368. The quantitative estimate of drug-likeness (QED) is 0.316. The van der Waals surface area contributed by atoms with Crippen molar-refractivity contribution in [2.75, 3.05) is 6.61 Å². The molecule has 0 amide bonds. The van der Waals surface area contributed by atoms with Gasteiger partial charge in [0.2, 0.25) is 0 Å². The van der Waals surface area contributed by atoms with Crippen LogP contribution in [-0.4, -0.2) is 11.7 Å². The molecule has 0 radical (unpaired) electrons. The zero-order valence-electron chi connectivity index (χ0n) is 22.2. The molecule has 3 rings (SSSR count). The molecule has 0 aromatic carbocycles. The summed E-state index contributed by atoms with van der Waals surface area (Å²) in [6, 6.07) is 0. The van der Waals surface area contributed by atoms with Gasteiger partial charge in [-0.15, -0.1) is 0 Å². The molecule has 6 unspecified atom stereocenters. The van der Waals surface area contributed by atoms with Crippen LogP contribution in [0, 0.1) is 47.3 Å². The van der Waals surface area contributed by atoms with Crippen LogP contribution in [0.25, 0.3) is 0 Å². The molecule has 0 aromatic heterocycles. The van der Waals surface area contributed by atoms with Crippen molar-refractivity contribution in [3.8, 4) is 0 Å². The van der Waals surface area contributed by atoms with E-state index in [1.165, 1.54) is 83.5 Å².